The fourth-order valence-corrected chi connectivity index (χ4v) is 5.49. The normalized spacial score (nSPS) is 48.0. The van der Waals surface area contributed by atoms with E-state index in [2.05, 4.69) is 18.2 Å². The first kappa shape index (κ1) is 10.4. The lowest BCUT2D eigenvalue weighted by molar-refractivity contribution is 0.0953. The summed E-state index contributed by atoms with van der Waals surface area (Å²) in [5.41, 5.74) is 1.86. The van der Waals surface area contributed by atoms with Gasteiger partial charge in [0.15, 0.2) is 0 Å². The van der Waals surface area contributed by atoms with E-state index >= 15 is 0 Å². The molecule has 0 nitrogen and oxygen atoms in total. The second-order valence-corrected chi connectivity index (χ2v) is 6.75. The fraction of sp³-hybridized carbons (Fsp3) is 0.765. The monoisotopic (exact) mass is 228 g/mol. The van der Waals surface area contributed by atoms with Gasteiger partial charge in [-0.25, -0.2) is 0 Å². The third kappa shape index (κ3) is 1.56. The Kier molecular flexibility index (Phi) is 2.45. The van der Waals surface area contributed by atoms with Crippen molar-refractivity contribution in [3.05, 3.63) is 23.8 Å². The zero-order chi connectivity index (χ0) is 11.2. The summed E-state index contributed by atoms with van der Waals surface area (Å²) < 4.78 is 0. The van der Waals surface area contributed by atoms with Crippen LogP contribution in [-0.4, -0.2) is 0 Å². The minimum atomic E-state index is 0.836. The van der Waals surface area contributed by atoms with Crippen molar-refractivity contribution in [1.29, 1.82) is 0 Å². The largest absolute Gasteiger partial charge is 0.0841 e. The lowest BCUT2D eigenvalue weighted by atomic mass is 9.58. The first-order valence-electron chi connectivity index (χ1n) is 7.80. The van der Waals surface area contributed by atoms with E-state index in [0.29, 0.717) is 0 Å². The molecule has 0 aromatic carbocycles. The number of hydrogen-bond acceptors (Lipinski definition) is 0. The number of rotatable bonds is 0. The van der Waals surface area contributed by atoms with Crippen molar-refractivity contribution in [2.24, 2.45) is 29.6 Å². The Hall–Kier alpha value is -0.520. The maximum atomic E-state index is 2.58. The molecular weight excluding hydrogens is 204 g/mol. The molecule has 17 heavy (non-hydrogen) atoms. The molecule has 4 rings (SSSR count). The van der Waals surface area contributed by atoms with Crippen LogP contribution in [-0.2, 0) is 0 Å². The van der Waals surface area contributed by atoms with Gasteiger partial charge in [0.05, 0.1) is 0 Å². The number of fused-ring (bicyclic) bond motifs is 5. The van der Waals surface area contributed by atoms with Gasteiger partial charge in [-0.15, -0.1) is 0 Å². The lowest BCUT2D eigenvalue weighted by Gasteiger charge is -2.47. The van der Waals surface area contributed by atoms with Crippen LogP contribution in [0.25, 0.3) is 0 Å². The summed E-state index contributed by atoms with van der Waals surface area (Å²) >= 11 is 0. The average molecular weight is 228 g/mol. The highest BCUT2D eigenvalue weighted by Gasteiger charge is 2.45. The van der Waals surface area contributed by atoms with Gasteiger partial charge in [-0.05, 0) is 68.1 Å². The van der Waals surface area contributed by atoms with Gasteiger partial charge >= 0.3 is 0 Å². The summed E-state index contributed by atoms with van der Waals surface area (Å²) in [6.07, 6.45) is 19.4. The molecule has 0 bridgehead atoms. The Bertz CT molecular complexity index is 362. The Morgan fingerprint density at radius 2 is 1.88 bits per heavy atom. The van der Waals surface area contributed by atoms with Gasteiger partial charge in [0.2, 0.25) is 0 Å². The quantitative estimate of drug-likeness (QED) is 0.526. The molecule has 0 aromatic rings. The Morgan fingerprint density at radius 1 is 0.882 bits per heavy atom. The van der Waals surface area contributed by atoms with Crippen molar-refractivity contribution < 1.29 is 0 Å². The third-order valence-electron chi connectivity index (χ3n) is 6.16. The predicted molar refractivity (Wildman–Crippen MR) is 71.6 cm³/mol. The molecule has 5 unspecified atom stereocenters. The van der Waals surface area contributed by atoms with Crippen LogP contribution < -0.4 is 0 Å². The summed E-state index contributed by atoms with van der Waals surface area (Å²) in [5.74, 6) is 5.13. The molecule has 0 spiro atoms. The number of hydrogen-bond donors (Lipinski definition) is 0. The lowest BCUT2D eigenvalue weighted by Crippen LogP contribution is -2.38. The topological polar surface area (TPSA) is 0 Å². The smallest absolute Gasteiger partial charge is 0.00201 e. The molecule has 0 heterocycles. The summed E-state index contributed by atoms with van der Waals surface area (Å²) in [7, 11) is 0. The summed E-state index contributed by atoms with van der Waals surface area (Å²) in [6, 6.07) is 0. The molecule has 0 aromatic heterocycles. The molecule has 0 saturated heterocycles. The first-order chi connectivity index (χ1) is 8.43. The Balaban J connectivity index is 1.63. The number of allylic oxidation sites excluding steroid dienone is 4. The van der Waals surface area contributed by atoms with Crippen LogP contribution in [0, 0.1) is 29.6 Å². The molecule has 4 aliphatic carbocycles. The molecule has 0 N–H and O–H groups in total. The van der Waals surface area contributed by atoms with Crippen LogP contribution in [0.2, 0.25) is 0 Å². The van der Waals surface area contributed by atoms with Gasteiger partial charge in [0.1, 0.15) is 0 Å². The van der Waals surface area contributed by atoms with Crippen LogP contribution in [0.5, 0.6) is 0 Å². The molecule has 0 radical (unpaired) electrons. The van der Waals surface area contributed by atoms with E-state index < -0.39 is 0 Å². The molecule has 92 valence electrons. The highest BCUT2D eigenvalue weighted by molar-refractivity contribution is 5.26. The molecule has 0 aliphatic heterocycles. The molecule has 4 aliphatic rings. The third-order valence-corrected chi connectivity index (χ3v) is 6.16. The van der Waals surface area contributed by atoms with E-state index in [0.717, 1.165) is 29.6 Å². The van der Waals surface area contributed by atoms with Crippen LogP contribution >= 0.6 is 0 Å². The SMILES string of the molecule is C1=CC2CCC3C(CCC4CCCC43)C2=CC1. The van der Waals surface area contributed by atoms with Crippen molar-refractivity contribution in [3.63, 3.8) is 0 Å². The van der Waals surface area contributed by atoms with E-state index in [4.69, 9.17) is 0 Å². The summed E-state index contributed by atoms with van der Waals surface area (Å²) in [6.45, 7) is 0. The fourth-order valence-electron chi connectivity index (χ4n) is 5.49. The minimum Gasteiger partial charge on any atom is -0.0841 e. The van der Waals surface area contributed by atoms with Gasteiger partial charge in [-0.2, -0.15) is 0 Å². The predicted octanol–water partition coefficient (Wildman–Crippen LogP) is 4.73. The highest BCUT2D eigenvalue weighted by atomic mass is 14.5. The molecule has 3 fully saturated rings. The Morgan fingerprint density at radius 3 is 2.88 bits per heavy atom. The van der Waals surface area contributed by atoms with Crippen molar-refractivity contribution >= 4 is 0 Å². The van der Waals surface area contributed by atoms with Crippen molar-refractivity contribution in [2.75, 3.05) is 0 Å². The maximum absolute atomic E-state index is 2.58. The molecular formula is C17H24. The molecule has 3 saturated carbocycles. The summed E-state index contributed by atoms with van der Waals surface area (Å²) in [5, 5.41) is 0. The maximum Gasteiger partial charge on any atom is -0.00201 e. The molecule has 0 amide bonds. The van der Waals surface area contributed by atoms with E-state index in [9.17, 15) is 0 Å². The highest BCUT2D eigenvalue weighted by Crippen LogP contribution is 2.55. The first-order valence-corrected chi connectivity index (χ1v) is 7.80. The van der Waals surface area contributed by atoms with Gasteiger partial charge in [0.25, 0.3) is 0 Å². The van der Waals surface area contributed by atoms with E-state index in [1.54, 1.807) is 19.3 Å². The molecule has 0 heteroatoms. The second kappa shape index (κ2) is 4.00. The van der Waals surface area contributed by atoms with E-state index in [1.165, 1.54) is 32.1 Å². The van der Waals surface area contributed by atoms with Crippen LogP contribution in [0.3, 0.4) is 0 Å². The van der Waals surface area contributed by atoms with Crippen LogP contribution in [0.1, 0.15) is 51.4 Å². The van der Waals surface area contributed by atoms with Gasteiger partial charge in [-0.3, -0.25) is 0 Å². The second-order valence-electron chi connectivity index (χ2n) is 6.75. The van der Waals surface area contributed by atoms with Crippen molar-refractivity contribution in [2.45, 2.75) is 51.4 Å². The zero-order valence-electron chi connectivity index (χ0n) is 10.8. The van der Waals surface area contributed by atoms with Crippen LogP contribution in [0.4, 0.5) is 0 Å². The zero-order valence-corrected chi connectivity index (χ0v) is 10.8. The van der Waals surface area contributed by atoms with E-state index in [1.807, 2.05) is 5.57 Å². The van der Waals surface area contributed by atoms with Crippen LogP contribution in [0.15, 0.2) is 23.8 Å². The van der Waals surface area contributed by atoms with Gasteiger partial charge < -0.3 is 0 Å². The van der Waals surface area contributed by atoms with E-state index in [-0.39, 0.29) is 0 Å². The van der Waals surface area contributed by atoms with Crippen molar-refractivity contribution in [3.8, 4) is 0 Å². The van der Waals surface area contributed by atoms with Gasteiger partial charge in [-0.1, -0.05) is 36.6 Å². The average Bonchev–Trinajstić information content (AvgIpc) is 2.86. The summed E-state index contributed by atoms with van der Waals surface area (Å²) in [4.78, 5) is 0. The minimum absolute atomic E-state index is 0.836. The molecule has 5 atom stereocenters. The van der Waals surface area contributed by atoms with Crippen molar-refractivity contribution in [1.82, 2.24) is 0 Å². The van der Waals surface area contributed by atoms with Gasteiger partial charge in [0, 0.05) is 0 Å². The standard InChI is InChI=1S/C17H24/c1-2-6-14-12(4-1)8-10-17-15-7-3-5-13(15)9-11-16(14)17/h1,4,6,12-13,15-17H,2-3,5,7-11H2. The Labute approximate surface area is 105 Å².